The first-order valence-corrected chi connectivity index (χ1v) is 6.33. The second-order valence-corrected chi connectivity index (χ2v) is 4.32. The summed E-state index contributed by atoms with van der Waals surface area (Å²) >= 11 is 0. The van der Waals surface area contributed by atoms with E-state index in [0.29, 0.717) is 13.2 Å². The molecule has 2 rings (SSSR count). The van der Waals surface area contributed by atoms with Crippen LogP contribution >= 0.6 is 0 Å². The number of phenols is 1. The fourth-order valence-corrected chi connectivity index (χ4v) is 1.79. The SMILES string of the molecule is CCOc1ccc(OCc2ccc(O)cc2)c(C)c1. The van der Waals surface area contributed by atoms with Crippen LogP contribution in [-0.4, -0.2) is 11.7 Å². The molecule has 0 saturated carbocycles. The molecule has 0 amide bonds. The molecule has 2 aromatic rings. The van der Waals surface area contributed by atoms with Crippen LogP contribution in [0.5, 0.6) is 17.2 Å². The lowest BCUT2D eigenvalue weighted by atomic mass is 10.2. The van der Waals surface area contributed by atoms with Gasteiger partial charge in [0.05, 0.1) is 6.61 Å². The minimum atomic E-state index is 0.265. The molecular formula is C16H18O3. The van der Waals surface area contributed by atoms with E-state index in [4.69, 9.17) is 9.47 Å². The minimum absolute atomic E-state index is 0.265. The molecule has 0 unspecified atom stereocenters. The summed E-state index contributed by atoms with van der Waals surface area (Å²) in [7, 11) is 0. The van der Waals surface area contributed by atoms with Crippen LogP contribution in [0.15, 0.2) is 42.5 Å². The van der Waals surface area contributed by atoms with Gasteiger partial charge in [-0.05, 0) is 55.3 Å². The Kier molecular flexibility index (Phi) is 4.29. The molecule has 0 aliphatic heterocycles. The predicted molar refractivity (Wildman–Crippen MR) is 74.8 cm³/mol. The molecule has 0 atom stereocenters. The number of benzene rings is 2. The molecule has 0 saturated heterocycles. The summed E-state index contributed by atoms with van der Waals surface area (Å²) in [5.41, 5.74) is 2.07. The summed E-state index contributed by atoms with van der Waals surface area (Å²) in [6.07, 6.45) is 0. The van der Waals surface area contributed by atoms with Gasteiger partial charge in [0.1, 0.15) is 23.9 Å². The maximum Gasteiger partial charge on any atom is 0.122 e. The van der Waals surface area contributed by atoms with Gasteiger partial charge in [0.25, 0.3) is 0 Å². The number of rotatable bonds is 5. The molecule has 0 aromatic heterocycles. The maximum absolute atomic E-state index is 9.21. The van der Waals surface area contributed by atoms with Crippen molar-refractivity contribution in [2.45, 2.75) is 20.5 Å². The van der Waals surface area contributed by atoms with Crippen LogP contribution in [0.25, 0.3) is 0 Å². The summed E-state index contributed by atoms with van der Waals surface area (Å²) in [5, 5.41) is 9.21. The third-order valence-electron chi connectivity index (χ3n) is 2.79. The maximum atomic E-state index is 9.21. The van der Waals surface area contributed by atoms with Gasteiger partial charge in [0.2, 0.25) is 0 Å². The van der Waals surface area contributed by atoms with Gasteiger partial charge in [-0.1, -0.05) is 12.1 Å². The number of aryl methyl sites for hydroxylation is 1. The first-order valence-electron chi connectivity index (χ1n) is 6.33. The molecule has 0 aliphatic carbocycles. The van der Waals surface area contributed by atoms with Gasteiger partial charge in [-0.15, -0.1) is 0 Å². The quantitative estimate of drug-likeness (QED) is 0.889. The summed E-state index contributed by atoms with van der Waals surface area (Å²) < 4.78 is 11.2. The molecule has 0 radical (unpaired) electrons. The van der Waals surface area contributed by atoms with E-state index in [0.717, 1.165) is 22.6 Å². The number of hydrogen-bond donors (Lipinski definition) is 1. The Hall–Kier alpha value is -2.16. The molecule has 19 heavy (non-hydrogen) atoms. The average Bonchev–Trinajstić information content (AvgIpc) is 2.40. The molecule has 0 fully saturated rings. The van der Waals surface area contributed by atoms with Crippen molar-refractivity contribution in [1.82, 2.24) is 0 Å². The zero-order valence-electron chi connectivity index (χ0n) is 11.2. The van der Waals surface area contributed by atoms with E-state index in [1.165, 1.54) is 0 Å². The molecule has 0 heterocycles. The lowest BCUT2D eigenvalue weighted by Crippen LogP contribution is -1.98. The Morgan fingerprint density at radius 2 is 1.74 bits per heavy atom. The molecule has 0 bridgehead atoms. The zero-order chi connectivity index (χ0) is 13.7. The predicted octanol–water partition coefficient (Wildman–Crippen LogP) is 3.68. The fraction of sp³-hybridized carbons (Fsp3) is 0.250. The van der Waals surface area contributed by atoms with Crippen molar-refractivity contribution in [2.24, 2.45) is 0 Å². The Balaban J connectivity index is 2.01. The zero-order valence-corrected chi connectivity index (χ0v) is 11.2. The number of hydrogen-bond acceptors (Lipinski definition) is 3. The van der Waals surface area contributed by atoms with Crippen LogP contribution in [-0.2, 0) is 6.61 Å². The lowest BCUT2D eigenvalue weighted by Gasteiger charge is -2.11. The highest BCUT2D eigenvalue weighted by atomic mass is 16.5. The van der Waals surface area contributed by atoms with Gasteiger partial charge in [0.15, 0.2) is 0 Å². The Morgan fingerprint density at radius 1 is 1.00 bits per heavy atom. The molecule has 0 spiro atoms. The first kappa shape index (κ1) is 13.3. The van der Waals surface area contributed by atoms with Crippen molar-refractivity contribution in [3.05, 3.63) is 53.6 Å². The highest BCUT2D eigenvalue weighted by Crippen LogP contribution is 2.24. The van der Waals surface area contributed by atoms with Crippen molar-refractivity contribution in [2.75, 3.05) is 6.61 Å². The van der Waals surface area contributed by atoms with Crippen molar-refractivity contribution in [3.63, 3.8) is 0 Å². The summed E-state index contributed by atoms with van der Waals surface area (Å²) in [6, 6.07) is 12.8. The second-order valence-electron chi connectivity index (χ2n) is 4.32. The molecule has 1 N–H and O–H groups in total. The van der Waals surface area contributed by atoms with Gasteiger partial charge in [-0.25, -0.2) is 0 Å². The van der Waals surface area contributed by atoms with Crippen molar-refractivity contribution >= 4 is 0 Å². The van der Waals surface area contributed by atoms with Crippen LogP contribution in [0, 0.1) is 6.92 Å². The fourth-order valence-electron chi connectivity index (χ4n) is 1.79. The largest absolute Gasteiger partial charge is 0.508 e. The first-order chi connectivity index (χ1) is 9.19. The second kappa shape index (κ2) is 6.14. The Bertz CT molecular complexity index is 532. The van der Waals surface area contributed by atoms with Crippen LogP contribution in [0.1, 0.15) is 18.1 Å². The summed E-state index contributed by atoms with van der Waals surface area (Å²) in [4.78, 5) is 0. The van der Waals surface area contributed by atoms with E-state index < -0.39 is 0 Å². The van der Waals surface area contributed by atoms with Crippen LogP contribution in [0.2, 0.25) is 0 Å². The van der Waals surface area contributed by atoms with Gasteiger partial charge < -0.3 is 14.6 Å². The number of ether oxygens (including phenoxy) is 2. The monoisotopic (exact) mass is 258 g/mol. The van der Waals surface area contributed by atoms with Crippen molar-refractivity contribution in [1.29, 1.82) is 0 Å². The number of phenolic OH excluding ortho intramolecular Hbond substituents is 1. The molecule has 3 nitrogen and oxygen atoms in total. The molecule has 2 aromatic carbocycles. The van der Waals surface area contributed by atoms with E-state index in [9.17, 15) is 5.11 Å². The van der Waals surface area contributed by atoms with E-state index in [2.05, 4.69) is 0 Å². The van der Waals surface area contributed by atoms with Crippen molar-refractivity contribution in [3.8, 4) is 17.2 Å². The standard InChI is InChI=1S/C16H18O3/c1-3-18-15-8-9-16(12(2)10-15)19-11-13-4-6-14(17)7-5-13/h4-10,17H,3,11H2,1-2H3. The van der Waals surface area contributed by atoms with E-state index in [1.807, 2.05) is 44.2 Å². The van der Waals surface area contributed by atoms with Crippen LogP contribution in [0.4, 0.5) is 0 Å². The minimum Gasteiger partial charge on any atom is -0.508 e. The smallest absolute Gasteiger partial charge is 0.122 e. The van der Waals surface area contributed by atoms with E-state index in [-0.39, 0.29) is 5.75 Å². The third-order valence-corrected chi connectivity index (χ3v) is 2.79. The normalized spacial score (nSPS) is 10.2. The average molecular weight is 258 g/mol. The summed E-state index contributed by atoms with van der Waals surface area (Å²) in [5.74, 6) is 1.97. The molecule has 0 aliphatic rings. The van der Waals surface area contributed by atoms with E-state index in [1.54, 1.807) is 12.1 Å². The Morgan fingerprint density at radius 3 is 2.37 bits per heavy atom. The Labute approximate surface area is 113 Å². The summed E-state index contributed by atoms with van der Waals surface area (Å²) in [6.45, 7) is 5.10. The molecular weight excluding hydrogens is 240 g/mol. The number of aromatic hydroxyl groups is 1. The third kappa shape index (κ3) is 3.65. The van der Waals surface area contributed by atoms with Crippen molar-refractivity contribution < 1.29 is 14.6 Å². The van der Waals surface area contributed by atoms with Crippen LogP contribution < -0.4 is 9.47 Å². The lowest BCUT2D eigenvalue weighted by molar-refractivity contribution is 0.301. The topological polar surface area (TPSA) is 38.7 Å². The van der Waals surface area contributed by atoms with Crippen LogP contribution in [0.3, 0.4) is 0 Å². The van der Waals surface area contributed by atoms with Gasteiger partial charge >= 0.3 is 0 Å². The van der Waals surface area contributed by atoms with Gasteiger partial charge in [-0.2, -0.15) is 0 Å². The molecule has 100 valence electrons. The highest BCUT2D eigenvalue weighted by Gasteiger charge is 2.02. The van der Waals surface area contributed by atoms with Gasteiger partial charge in [0, 0.05) is 0 Å². The van der Waals surface area contributed by atoms with Gasteiger partial charge in [-0.3, -0.25) is 0 Å². The van der Waals surface area contributed by atoms with E-state index >= 15 is 0 Å². The highest BCUT2D eigenvalue weighted by molar-refractivity contribution is 5.39. The molecule has 3 heteroatoms.